The second-order valence-electron chi connectivity index (χ2n) is 2.34. The molecule has 0 aliphatic carbocycles. The fourth-order valence-corrected chi connectivity index (χ4v) is 0.981. The van der Waals surface area contributed by atoms with Crippen molar-refractivity contribution in [2.75, 3.05) is 6.54 Å². The van der Waals surface area contributed by atoms with Crippen molar-refractivity contribution in [1.29, 1.82) is 0 Å². The van der Waals surface area contributed by atoms with E-state index in [1.54, 1.807) is 6.21 Å². The monoisotopic (exact) mass is 151 g/mol. The molecular weight excluding hydrogens is 138 g/mol. The summed E-state index contributed by atoms with van der Waals surface area (Å²) in [6.07, 6.45) is 8.25. The third kappa shape index (κ3) is 1.83. The molecule has 0 aromatic heterocycles. The van der Waals surface area contributed by atoms with Crippen LogP contribution < -0.4 is 5.73 Å². The van der Waals surface area contributed by atoms with Gasteiger partial charge >= 0.3 is 0 Å². The predicted octanol–water partition coefficient (Wildman–Crippen LogP) is 1.05. The van der Waals surface area contributed by atoms with Crippen molar-refractivity contribution in [2.45, 2.75) is 13.3 Å². The molecule has 3 nitrogen and oxygen atoms in total. The molecule has 0 radical (unpaired) electrons. The fourth-order valence-electron chi connectivity index (χ4n) is 0.981. The van der Waals surface area contributed by atoms with Crippen LogP contribution in [0.25, 0.3) is 0 Å². The fraction of sp³-hybridized carbons (Fsp3) is 0.375. The second kappa shape index (κ2) is 3.81. The third-order valence-electron chi connectivity index (χ3n) is 1.47. The molecule has 0 spiro atoms. The molecule has 0 saturated heterocycles. The van der Waals surface area contributed by atoms with Gasteiger partial charge in [0.1, 0.15) is 5.82 Å². The van der Waals surface area contributed by atoms with Crippen molar-refractivity contribution in [1.82, 2.24) is 4.90 Å². The van der Waals surface area contributed by atoms with Gasteiger partial charge in [-0.25, -0.2) is 4.99 Å². The number of allylic oxidation sites excluding steroid dienone is 1. The first-order valence-electron chi connectivity index (χ1n) is 3.78. The van der Waals surface area contributed by atoms with Crippen molar-refractivity contribution >= 4 is 6.21 Å². The molecule has 11 heavy (non-hydrogen) atoms. The van der Waals surface area contributed by atoms with Crippen LogP contribution in [0.1, 0.15) is 13.3 Å². The Labute approximate surface area is 66.9 Å². The quantitative estimate of drug-likeness (QED) is 0.641. The minimum absolute atomic E-state index is 0.828. The van der Waals surface area contributed by atoms with E-state index in [2.05, 4.69) is 11.9 Å². The summed E-state index contributed by atoms with van der Waals surface area (Å²) in [6.45, 7) is 3.09. The molecule has 1 heterocycles. The van der Waals surface area contributed by atoms with Crippen molar-refractivity contribution in [3.8, 4) is 0 Å². The molecule has 0 fully saturated rings. The highest BCUT2D eigenvalue weighted by Crippen LogP contribution is 2.08. The van der Waals surface area contributed by atoms with Gasteiger partial charge in [-0.15, -0.1) is 0 Å². The molecule has 0 bridgehead atoms. The van der Waals surface area contributed by atoms with Gasteiger partial charge in [0.2, 0.25) is 0 Å². The zero-order chi connectivity index (χ0) is 8.10. The lowest BCUT2D eigenvalue weighted by Gasteiger charge is -2.20. The van der Waals surface area contributed by atoms with Gasteiger partial charge in [-0.05, 0) is 12.5 Å². The highest BCUT2D eigenvalue weighted by Gasteiger charge is 2.04. The highest BCUT2D eigenvalue weighted by atomic mass is 15.2. The minimum atomic E-state index is 0.828. The summed E-state index contributed by atoms with van der Waals surface area (Å²) in [7, 11) is 0. The maximum absolute atomic E-state index is 5.37. The average Bonchev–Trinajstić information content (AvgIpc) is 2.06. The number of nitrogens with two attached hydrogens (primary N) is 1. The van der Waals surface area contributed by atoms with Gasteiger partial charge < -0.3 is 10.6 Å². The average molecular weight is 151 g/mol. The Balaban J connectivity index is 2.63. The Bertz CT molecular complexity index is 203. The van der Waals surface area contributed by atoms with E-state index in [0.717, 1.165) is 18.8 Å². The number of rotatable bonds is 2. The molecule has 60 valence electrons. The molecule has 0 amide bonds. The zero-order valence-corrected chi connectivity index (χ0v) is 6.70. The van der Waals surface area contributed by atoms with Gasteiger partial charge in [-0.2, -0.15) is 0 Å². The summed E-state index contributed by atoms with van der Waals surface area (Å²) in [5.74, 6) is 0.828. The summed E-state index contributed by atoms with van der Waals surface area (Å²) < 4.78 is 0. The van der Waals surface area contributed by atoms with Crippen molar-refractivity contribution in [3.63, 3.8) is 0 Å². The van der Waals surface area contributed by atoms with Crippen LogP contribution in [0.5, 0.6) is 0 Å². The molecule has 0 unspecified atom stereocenters. The zero-order valence-electron chi connectivity index (χ0n) is 6.70. The van der Waals surface area contributed by atoms with E-state index in [0.29, 0.717) is 0 Å². The van der Waals surface area contributed by atoms with Gasteiger partial charge in [0, 0.05) is 25.2 Å². The van der Waals surface area contributed by atoms with E-state index < -0.39 is 0 Å². The number of aliphatic imine (C=N–C) groups is 1. The van der Waals surface area contributed by atoms with E-state index in [4.69, 9.17) is 5.73 Å². The van der Waals surface area contributed by atoms with E-state index in [9.17, 15) is 0 Å². The summed E-state index contributed by atoms with van der Waals surface area (Å²) in [6, 6.07) is 0. The normalized spacial score (nSPS) is 19.7. The number of nitrogens with zero attached hydrogens (tertiary/aromatic N) is 2. The van der Waals surface area contributed by atoms with Gasteiger partial charge in [0.25, 0.3) is 0 Å². The second-order valence-corrected chi connectivity index (χ2v) is 2.34. The molecule has 3 heteroatoms. The lowest BCUT2D eigenvalue weighted by molar-refractivity contribution is 0.454. The maximum Gasteiger partial charge on any atom is 0.148 e. The summed E-state index contributed by atoms with van der Waals surface area (Å²) >= 11 is 0. The standard InChI is InChI=1S/C8H13N3/c1-2-5-11-6-3-4-10-8(11)7-9/h3-4,6-7H,2,5,9H2,1H3/b8-7-. The molecule has 1 rings (SSSR count). The van der Waals surface area contributed by atoms with Gasteiger partial charge in [-0.3, -0.25) is 0 Å². The van der Waals surface area contributed by atoms with Crippen LogP contribution >= 0.6 is 0 Å². The first-order chi connectivity index (χ1) is 5.38. The van der Waals surface area contributed by atoms with E-state index >= 15 is 0 Å². The van der Waals surface area contributed by atoms with Crippen LogP contribution in [0.3, 0.4) is 0 Å². The maximum atomic E-state index is 5.37. The Morgan fingerprint density at radius 1 is 1.73 bits per heavy atom. The SMILES string of the molecule is CCCN1C=CC=N/C1=C/N. The summed E-state index contributed by atoms with van der Waals surface area (Å²) in [4.78, 5) is 6.13. The van der Waals surface area contributed by atoms with Crippen LogP contribution in [0.4, 0.5) is 0 Å². The Hall–Kier alpha value is -1.25. The predicted molar refractivity (Wildman–Crippen MR) is 46.9 cm³/mol. The molecule has 0 atom stereocenters. The van der Waals surface area contributed by atoms with Gasteiger partial charge in [0.15, 0.2) is 0 Å². The van der Waals surface area contributed by atoms with Crippen molar-refractivity contribution in [3.05, 3.63) is 24.3 Å². The lowest BCUT2D eigenvalue weighted by atomic mass is 10.4. The van der Waals surface area contributed by atoms with Crippen LogP contribution in [-0.2, 0) is 0 Å². The number of hydrogen-bond acceptors (Lipinski definition) is 3. The van der Waals surface area contributed by atoms with Gasteiger partial charge in [0.05, 0.1) is 0 Å². The third-order valence-corrected chi connectivity index (χ3v) is 1.47. The van der Waals surface area contributed by atoms with E-state index in [-0.39, 0.29) is 0 Å². The first kappa shape index (κ1) is 7.85. The molecule has 1 aliphatic rings. The smallest absolute Gasteiger partial charge is 0.148 e. The van der Waals surface area contributed by atoms with Crippen molar-refractivity contribution < 1.29 is 0 Å². The van der Waals surface area contributed by atoms with E-state index in [1.807, 2.05) is 17.2 Å². The van der Waals surface area contributed by atoms with Crippen LogP contribution in [0.2, 0.25) is 0 Å². The lowest BCUT2D eigenvalue weighted by Crippen LogP contribution is -2.19. The molecule has 2 N–H and O–H groups in total. The van der Waals surface area contributed by atoms with Crippen LogP contribution in [0, 0.1) is 0 Å². The molecule has 0 aromatic carbocycles. The topological polar surface area (TPSA) is 41.6 Å². The first-order valence-corrected chi connectivity index (χ1v) is 3.78. The minimum Gasteiger partial charge on any atom is -0.402 e. The Morgan fingerprint density at radius 2 is 2.55 bits per heavy atom. The molecule has 1 aliphatic heterocycles. The molecular formula is C8H13N3. The largest absolute Gasteiger partial charge is 0.402 e. The summed E-state index contributed by atoms with van der Waals surface area (Å²) in [5.41, 5.74) is 5.37. The molecule has 0 aromatic rings. The van der Waals surface area contributed by atoms with Crippen LogP contribution in [0.15, 0.2) is 29.3 Å². The highest BCUT2D eigenvalue weighted by molar-refractivity contribution is 5.73. The Morgan fingerprint density at radius 3 is 3.18 bits per heavy atom. The molecule has 0 saturated carbocycles. The Kier molecular flexibility index (Phi) is 2.72. The summed E-state index contributed by atoms with van der Waals surface area (Å²) in [5, 5.41) is 0. The van der Waals surface area contributed by atoms with Crippen LogP contribution in [-0.4, -0.2) is 17.7 Å². The van der Waals surface area contributed by atoms with Crippen molar-refractivity contribution in [2.24, 2.45) is 10.7 Å². The van der Waals surface area contributed by atoms with E-state index in [1.165, 1.54) is 6.20 Å². The van der Waals surface area contributed by atoms with Gasteiger partial charge in [-0.1, -0.05) is 6.92 Å². The number of hydrogen-bond donors (Lipinski definition) is 1.